The zero-order chi connectivity index (χ0) is 20.4. The van der Waals surface area contributed by atoms with E-state index in [-0.39, 0.29) is 28.7 Å². The number of para-hydroxylation sites is 1. The first-order valence-electron chi connectivity index (χ1n) is 9.56. The quantitative estimate of drug-likeness (QED) is 0.717. The molecule has 0 bridgehead atoms. The van der Waals surface area contributed by atoms with Crippen LogP contribution >= 0.6 is 11.8 Å². The van der Waals surface area contributed by atoms with Crippen LogP contribution in [0.4, 0.5) is 5.69 Å². The van der Waals surface area contributed by atoms with Crippen LogP contribution in [0.3, 0.4) is 0 Å². The third-order valence-corrected chi connectivity index (χ3v) is 8.05. The Labute approximate surface area is 174 Å². The fraction of sp³-hybridized carbons (Fsp3) is 0.333. The number of amidine groups is 1. The first-order valence-corrected chi connectivity index (χ1v) is 12.3. The molecule has 2 fully saturated rings. The molecule has 0 unspecified atom stereocenters. The molecule has 0 aliphatic carbocycles. The third-order valence-electron chi connectivity index (χ3n) is 4.84. The molecule has 2 heterocycles. The van der Waals surface area contributed by atoms with Gasteiger partial charge in [0, 0.05) is 17.4 Å². The van der Waals surface area contributed by atoms with Gasteiger partial charge in [0.05, 0.1) is 17.5 Å². The van der Waals surface area contributed by atoms with E-state index < -0.39 is 9.84 Å². The summed E-state index contributed by atoms with van der Waals surface area (Å²) in [5, 5.41) is 0.485. The number of benzene rings is 2. The van der Waals surface area contributed by atoms with Crippen molar-refractivity contribution in [1.29, 1.82) is 0 Å². The lowest BCUT2D eigenvalue weighted by molar-refractivity contribution is -0.117. The van der Waals surface area contributed by atoms with Crippen LogP contribution in [-0.2, 0) is 14.6 Å². The van der Waals surface area contributed by atoms with Crippen molar-refractivity contribution in [3.05, 3.63) is 54.6 Å². The van der Waals surface area contributed by atoms with Gasteiger partial charge in [-0.3, -0.25) is 4.79 Å². The monoisotopic (exact) mass is 430 g/mol. The topological polar surface area (TPSA) is 76.0 Å². The minimum absolute atomic E-state index is 0.0773. The number of anilines is 1. The Kier molecular flexibility index (Phi) is 5.65. The second-order valence-corrected chi connectivity index (χ2v) is 10.5. The van der Waals surface area contributed by atoms with Crippen molar-refractivity contribution in [3.63, 3.8) is 0 Å². The molecule has 6 nitrogen and oxygen atoms in total. The molecule has 1 amide bonds. The number of carbonyl (C=O) groups is 1. The second kappa shape index (κ2) is 8.20. The van der Waals surface area contributed by atoms with Crippen molar-refractivity contribution < 1.29 is 17.9 Å². The van der Waals surface area contributed by atoms with Crippen LogP contribution in [-0.4, -0.2) is 42.3 Å². The van der Waals surface area contributed by atoms with Crippen LogP contribution in [0.5, 0.6) is 11.5 Å². The Hall–Kier alpha value is -2.32. The van der Waals surface area contributed by atoms with E-state index >= 15 is 0 Å². The van der Waals surface area contributed by atoms with Gasteiger partial charge in [0.25, 0.3) is 0 Å². The van der Waals surface area contributed by atoms with Crippen molar-refractivity contribution in [2.75, 3.05) is 16.4 Å². The lowest BCUT2D eigenvalue weighted by Gasteiger charge is -2.24. The van der Waals surface area contributed by atoms with E-state index in [4.69, 9.17) is 4.74 Å². The number of rotatable bonds is 5. The molecule has 2 aromatic rings. The van der Waals surface area contributed by atoms with Crippen molar-refractivity contribution in [1.82, 2.24) is 0 Å². The minimum Gasteiger partial charge on any atom is -0.457 e. The summed E-state index contributed by atoms with van der Waals surface area (Å²) in [6.07, 6.45) is 1.11. The van der Waals surface area contributed by atoms with Gasteiger partial charge < -0.3 is 9.64 Å². The molecule has 2 aliphatic rings. The SMILES string of the molecule is CCCC(=O)N=C1S[C@@H]2CS(=O)(=O)C[C@H]2N1c1ccc(Oc2ccccc2)cc1. The van der Waals surface area contributed by atoms with Crippen LogP contribution in [0.1, 0.15) is 19.8 Å². The standard InChI is InChI=1S/C21H22N2O4S2/c1-2-6-20(24)22-21-23(18-13-29(25,26)14-19(18)28-21)15-9-11-17(12-10-15)27-16-7-4-3-5-8-16/h3-5,7-12,18-19H,2,6,13-14H2,1H3/t18-,19-/m1/s1. The van der Waals surface area contributed by atoms with Gasteiger partial charge in [-0.25, -0.2) is 8.42 Å². The second-order valence-electron chi connectivity index (χ2n) is 7.12. The molecule has 0 radical (unpaired) electrons. The number of nitrogens with zero attached hydrogens (tertiary/aromatic N) is 2. The minimum atomic E-state index is -3.08. The highest BCUT2D eigenvalue weighted by molar-refractivity contribution is 8.16. The maximum Gasteiger partial charge on any atom is 0.248 e. The van der Waals surface area contributed by atoms with Crippen LogP contribution < -0.4 is 9.64 Å². The van der Waals surface area contributed by atoms with E-state index in [1.165, 1.54) is 11.8 Å². The summed E-state index contributed by atoms with van der Waals surface area (Å²) < 4.78 is 30.1. The summed E-state index contributed by atoms with van der Waals surface area (Å²) in [7, 11) is -3.08. The van der Waals surface area contributed by atoms with E-state index in [1.54, 1.807) is 0 Å². The van der Waals surface area contributed by atoms with Crippen molar-refractivity contribution >= 4 is 38.4 Å². The molecule has 4 rings (SSSR count). The lowest BCUT2D eigenvalue weighted by Crippen LogP contribution is -2.37. The number of fused-ring (bicyclic) bond motifs is 1. The molecular weight excluding hydrogens is 408 g/mol. The molecule has 29 heavy (non-hydrogen) atoms. The van der Waals surface area contributed by atoms with Crippen molar-refractivity contribution in [2.45, 2.75) is 31.1 Å². The summed E-state index contributed by atoms with van der Waals surface area (Å²) in [5.74, 6) is 1.45. The Balaban J connectivity index is 1.61. The number of hydrogen-bond donors (Lipinski definition) is 0. The predicted octanol–water partition coefficient (Wildman–Crippen LogP) is 3.88. The fourth-order valence-electron chi connectivity index (χ4n) is 3.54. The molecule has 2 aliphatic heterocycles. The largest absolute Gasteiger partial charge is 0.457 e. The molecule has 8 heteroatoms. The summed E-state index contributed by atoms with van der Waals surface area (Å²) in [4.78, 5) is 18.3. The maximum atomic E-state index is 12.1. The highest BCUT2D eigenvalue weighted by atomic mass is 32.2. The van der Waals surface area contributed by atoms with Gasteiger partial charge in [-0.05, 0) is 42.8 Å². The predicted molar refractivity (Wildman–Crippen MR) is 117 cm³/mol. The summed E-state index contributed by atoms with van der Waals surface area (Å²) in [6, 6.07) is 16.7. The zero-order valence-electron chi connectivity index (χ0n) is 16.0. The van der Waals surface area contributed by atoms with E-state index in [2.05, 4.69) is 4.99 Å². The molecule has 0 saturated carbocycles. The molecule has 2 atom stereocenters. The number of sulfone groups is 1. The molecule has 0 N–H and O–H groups in total. The number of amides is 1. The van der Waals surface area contributed by atoms with Crippen molar-refractivity contribution in [2.24, 2.45) is 4.99 Å². The van der Waals surface area contributed by atoms with Gasteiger partial charge in [-0.2, -0.15) is 4.99 Å². The average molecular weight is 431 g/mol. The van der Waals surface area contributed by atoms with Gasteiger partial charge in [-0.1, -0.05) is 36.9 Å². The summed E-state index contributed by atoms with van der Waals surface area (Å²) in [5.41, 5.74) is 0.811. The highest BCUT2D eigenvalue weighted by Gasteiger charge is 2.49. The van der Waals surface area contributed by atoms with Gasteiger partial charge in [0.15, 0.2) is 15.0 Å². The molecule has 2 saturated heterocycles. The molecule has 152 valence electrons. The highest BCUT2D eigenvalue weighted by Crippen LogP contribution is 2.41. The Morgan fingerprint density at radius 2 is 1.79 bits per heavy atom. The molecule has 0 aromatic heterocycles. The van der Waals surface area contributed by atoms with Crippen LogP contribution in [0.25, 0.3) is 0 Å². The normalized spacial score (nSPS) is 23.9. The van der Waals surface area contributed by atoms with Crippen molar-refractivity contribution in [3.8, 4) is 11.5 Å². The van der Waals surface area contributed by atoms with Crippen LogP contribution in [0.15, 0.2) is 59.6 Å². The molecule has 2 aromatic carbocycles. The average Bonchev–Trinajstić information content (AvgIpc) is 3.14. The molecular formula is C21H22N2O4S2. The van der Waals surface area contributed by atoms with E-state index in [0.29, 0.717) is 17.3 Å². The van der Waals surface area contributed by atoms with Gasteiger partial charge in [0.2, 0.25) is 5.91 Å². The maximum absolute atomic E-state index is 12.1. The summed E-state index contributed by atoms with van der Waals surface area (Å²) >= 11 is 1.39. The van der Waals surface area contributed by atoms with Gasteiger partial charge in [0.1, 0.15) is 11.5 Å². The zero-order valence-corrected chi connectivity index (χ0v) is 17.7. The number of thioether (sulfide) groups is 1. The van der Waals surface area contributed by atoms with E-state index in [1.807, 2.05) is 66.4 Å². The number of ether oxygens (including phenoxy) is 1. The van der Waals surface area contributed by atoms with E-state index in [9.17, 15) is 13.2 Å². The first-order chi connectivity index (χ1) is 13.9. The van der Waals surface area contributed by atoms with Crippen LogP contribution in [0, 0.1) is 0 Å². The van der Waals surface area contributed by atoms with Crippen LogP contribution in [0.2, 0.25) is 0 Å². The number of aliphatic imine (C=N–C) groups is 1. The smallest absolute Gasteiger partial charge is 0.248 e. The van der Waals surface area contributed by atoms with Gasteiger partial charge >= 0.3 is 0 Å². The van der Waals surface area contributed by atoms with Gasteiger partial charge in [-0.15, -0.1) is 0 Å². The number of hydrogen-bond acceptors (Lipinski definition) is 5. The number of carbonyl (C=O) groups excluding carboxylic acids is 1. The fourth-order valence-corrected chi connectivity index (χ4v) is 7.47. The first kappa shape index (κ1) is 20.0. The third kappa shape index (κ3) is 4.48. The summed E-state index contributed by atoms with van der Waals surface area (Å²) in [6.45, 7) is 1.93. The Morgan fingerprint density at radius 3 is 2.48 bits per heavy atom. The lowest BCUT2D eigenvalue weighted by atomic mass is 10.2. The Bertz CT molecular complexity index is 1020. The molecule has 0 spiro atoms. The van der Waals surface area contributed by atoms with E-state index in [0.717, 1.165) is 17.9 Å². The Morgan fingerprint density at radius 1 is 1.10 bits per heavy atom.